The van der Waals surface area contributed by atoms with Crippen LogP contribution in [0.15, 0.2) is 48.5 Å². The second-order valence-electron chi connectivity index (χ2n) is 7.18. The van der Waals surface area contributed by atoms with Crippen molar-refractivity contribution in [1.82, 2.24) is 4.90 Å². The van der Waals surface area contributed by atoms with Gasteiger partial charge in [-0.3, -0.25) is 4.90 Å². The van der Waals surface area contributed by atoms with Crippen LogP contribution in [0.4, 0.5) is 16.2 Å². The second kappa shape index (κ2) is 11.0. The molecule has 2 aromatic rings. The molecule has 30 heavy (non-hydrogen) atoms. The van der Waals surface area contributed by atoms with Gasteiger partial charge in [-0.25, -0.2) is 4.79 Å². The van der Waals surface area contributed by atoms with Crippen molar-refractivity contribution in [1.29, 1.82) is 0 Å². The topological polar surface area (TPSA) is 70.8 Å². The molecule has 6 nitrogen and oxygen atoms in total. The molecule has 0 aromatic heterocycles. The van der Waals surface area contributed by atoms with Gasteiger partial charge in [0, 0.05) is 42.1 Å². The van der Waals surface area contributed by atoms with E-state index in [0.29, 0.717) is 11.6 Å². The monoisotopic (exact) mass is 446 g/mol. The second-order valence-corrected chi connectivity index (χ2v) is 8.05. The lowest BCUT2D eigenvalue weighted by Gasteiger charge is -2.35. The van der Waals surface area contributed by atoms with Crippen molar-refractivity contribution < 1.29 is 9.53 Å². The number of carbonyl (C=O) groups excluding carboxylic acids is 1. The molecule has 0 saturated carbocycles. The number of nitrogens with zero attached hydrogens (tertiary/aromatic N) is 2. The van der Waals surface area contributed by atoms with Gasteiger partial charge in [0.25, 0.3) is 0 Å². The Morgan fingerprint density at radius 2 is 1.93 bits per heavy atom. The number of carbonyl (C=O) groups is 1. The van der Waals surface area contributed by atoms with E-state index in [9.17, 15) is 4.79 Å². The van der Waals surface area contributed by atoms with E-state index in [1.54, 1.807) is 0 Å². The molecule has 160 valence electrons. The summed E-state index contributed by atoms with van der Waals surface area (Å²) in [6.45, 7) is 2.94. The molecule has 0 radical (unpaired) electrons. The van der Waals surface area contributed by atoms with E-state index in [-0.39, 0.29) is 11.1 Å². The Morgan fingerprint density at radius 3 is 2.70 bits per heavy atom. The first-order chi connectivity index (χ1) is 14.5. The highest BCUT2D eigenvalue weighted by Gasteiger charge is 2.26. The molecule has 3 N–H and O–H groups in total. The fraction of sp³-hybridized carbons (Fsp3) is 0.364. The summed E-state index contributed by atoms with van der Waals surface area (Å²) in [6, 6.07) is 15.1. The first kappa shape index (κ1) is 22.2. The molecule has 0 bridgehead atoms. The molecule has 0 atom stereocenters. The van der Waals surface area contributed by atoms with E-state index in [1.807, 2.05) is 58.3 Å². The number of amides is 2. The molecule has 2 amide bonds. The number of anilines is 2. The molecule has 1 saturated heterocycles. The summed E-state index contributed by atoms with van der Waals surface area (Å²) in [4.78, 5) is 16.6. The number of rotatable bonds is 9. The zero-order valence-corrected chi connectivity index (χ0v) is 18.4. The van der Waals surface area contributed by atoms with Crippen LogP contribution in [0, 0.1) is 0 Å². The van der Waals surface area contributed by atoms with Crippen LogP contribution in [0.2, 0.25) is 5.02 Å². The molecule has 1 aliphatic heterocycles. The molecule has 1 heterocycles. The number of urea groups is 1. The fourth-order valence-corrected chi connectivity index (χ4v) is 3.67. The lowest BCUT2D eigenvalue weighted by Crippen LogP contribution is -2.49. The molecular formula is C22H27ClN4O2S. The zero-order chi connectivity index (χ0) is 21.3. The number of hydrogen-bond acceptors (Lipinski definition) is 3. The van der Waals surface area contributed by atoms with Gasteiger partial charge >= 0.3 is 6.03 Å². The Morgan fingerprint density at radius 1 is 1.13 bits per heavy atom. The van der Waals surface area contributed by atoms with Crippen molar-refractivity contribution >= 4 is 46.3 Å². The van der Waals surface area contributed by atoms with Gasteiger partial charge in [-0.15, -0.1) is 0 Å². The van der Waals surface area contributed by atoms with E-state index >= 15 is 0 Å². The maximum Gasteiger partial charge on any atom is 0.324 e. The highest BCUT2D eigenvalue weighted by Crippen LogP contribution is 2.22. The molecule has 3 rings (SSSR count). The number of thiocarbonyl (C=S) groups is 1. The van der Waals surface area contributed by atoms with Crippen molar-refractivity contribution in [2.75, 3.05) is 36.5 Å². The normalized spacial score (nSPS) is 14.0. The van der Waals surface area contributed by atoms with Gasteiger partial charge in [0.15, 0.2) is 5.11 Å². The lowest BCUT2D eigenvalue weighted by atomic mass is 10.2. The Bertz CT molecular complexity index is 862. The third kappa shape index (κ3) is 6.50. The predicted molar refractivity (Wildman–Crippen MR) is 127 cm³/mol. The summed E-state index contributed by atoms with van der Waals surface area (Å²) in [5.41, 5.74) is 7.20. The van der Waals surface area contributed by atoms with Crippen LogP contribution in [-0.2, 0) is 0 Å². The lowest BCUT2D eigenvalue weighted by molar-refractivity contribution is 0.193. The number of nitrogens with two attached hydrogens (primary N) is 1. The standard InChI is InChI=1S/C22H27ClN4O2S/c23-17-8-10-19(11-9-17)27-14-5-13-26(22(27)28)12-2-1-3-15-29-20-7-4-6-18(16-20)25-21(24)30/h4,6-11,16H,1-3,5,12-15H2,(H3,24,25,30). The van der Waals surface area contributed by atoms with Gasteiger partial charge in [0.05, 0.1) is 6.61 Å². The number of halogens is 1. The SMILES string of the molecule is NC(=S)Nc1cccc(OCCCCCN2CCCN(c3ccc(Cl)cc3)C2=O)c1. The number of unbranched alkanes of at least 4 members (excludes halogenated alkanes) is 2. The fourth-order valence-electron chi connectivity index (χ4n) is 3.43. The summed E-state index contributed by atoms with van der Waals surface area (Å²) in [5, 5.41) is 3.80. The summed E-state index contributed by atoms with van der Waals surface area (Å²) >= 11 is 10.8. The van der Waals surface area contributed by atoms with Crippen LogP contribution in [0.25, 0.3) is 0 Å². The van der Waals surface area contributed by atoms with Crippen molar-refractivity contribution in [3.63, 3.8) is 0 Å². The van der Waals surface area contributed by atoms with Crippen LogP contribution in [0.1, 0.15) is 25.7 Å². The number of ether oxygens (including phenoxy) is 1. The third-order valence-electron chi connectivity index (χ3n) is 4.89. The van der Waals surface area contributed by atoms with E-state index in [4.69, 9.17) is 34.3 Å². The summed E-state index contributed by atoms with van der Waals surface area (Å²) in [7, 11) is 0. The van der Waals surface area contributed by atoms with Crippen molar-refractivity contribution in [3.8, 4) is 5.75 Å². The van der Waals surface area contributed by atoms with Crippen LogP contribution in [0.5, 0.6) is 5.75 Å². The van der Waals surface area contributed by atoms with Gasteiger partial charge in [-0.05, 0) is 74.3 Å². The van der Waals surface area contributed by atoms with E-state index in [1.165, 1.54) is 0 Å². The van der Waals surface area contributed by atoms with Crippen LogP contribution in [0.3, 0.4) is 0 Å². The average Bonchev–Trinajstić information content (AvgIpc) is 2.72. The first-order valence-electron chi connectivity index (χ1n) is 10.1. The quantitative estimate of drug-likeness (QED) is 0.424. The van der Waals surface area contributed by atoms with Gasteiger partial charge < -0.3 is 20.7 Å². The van der Waals surface area contributed by atoms with Crippen molar-refractivity contribution in [3.05, 3.63) is 53.6 Å². The molecule has 1 fully saturated rings. The molecular weight excluding hydrogens is 420 g/mol. The Balaban J connectivity index is 1.37. The van der Waals surface area contributed by atoms with E-state index in [2.05, 4.69) is 5.32 Å². The molecule has 2 aromatic carbocycles. The highest BCUT2D eigenvalue weighted by atomic mass is 35.5. The van der Waals surface area contributed by atoms with E-state index < -0.39 is 0 Å². The minimum atomic E-state index is 0.0713. The molecule has 0 aliphatic carbocycles. The Kier molecular flexibility index (Phi) is 8.16. The number of hydrogen-bond donors (Lipinski definition) is 2. The number of benzene rings is 2. The van der Waals surface area contributed by atoms with Crippen LogP contribution >= 0.6 is 23.8 Å². The van der Waals surface area contributed by atoms with Gasteiger partial charge in [0.1, 0.15) is 5.75 Å². The first-order valence-corrected chi connectivity index (χ1v) is 10.9. The van der Waals surface area contributed by atoms with Crippen LogP contribution in [-0.4, -0.2) is 42.3 Å². The van der Waals surface area contributed by atoms with E-state index in [0.717, 1.165) is 62.4 Å². The largest absolute Gasteiger partial charge is 0.494 e. The summed E-state index contributed by atoms with van der Waals surface area (Å²) in [5.74, 6) is 0.779. The predicted octanol–water partition coefficient (Wildman–Crippen LogP) is 4.88. The number of nitrogens with one attached hydrogen (secondary N) is 1. The highest BCUT2D eigenvalue weighted by molar-refractivity contribution is 7.80. The molecule has 1 aliphatic rings. The Labute approximate surface area is 187 Å². The van der Waals surface area contributed by atoms with Gasteiger partial charge in [0.2, 0.25) is 0 Å². The summed E-state index contributed by atoms with van der Waals surface area (Å²) in [6.07, 6.45) is 3.84. The third-order valence-corrected chi connectivity index (χ3v) is 5.25. The maximum absolute atomic E-state index is 12.8. The minimum absolute atomic E-state index is 0.0713. The van der Waals surface area contributed by atoms with Crippen molar-refractivity contribution in [2.45, 2.75) is 25.7 Å². The minimum Gasteiger partial charge on any atom is -0.494 e. The van der Waals surface area contributed by atoms with Crippen molar-refractivity contribution in [2.24, 2.45) is 5.73 Å². The summed E-state index contributed by atoms with van der Waals surface area (Å²) < 4.78 is 5.80. The Hall–Kier alpha value is -2.51. The smallest absolute Gasteiger partial charge is 0.324 e. The van der Waals surface area contributed by atoms with Gasteiger partial charge in [-0.2, -0.15) is 0 Å². The molecule has 8 heteroatoms. The average molecular weight is 447 g/mol. The maximum atomic E-state index is 12.8. The zero-order valence-electron chi connectivity index (χ0n) is 16.9. The molecule has 0 unspecified atom stereocenters. The molecule has 0 spiro atoms. The van der Waals surface area contributed by atoms with Gasteiger partial charge in [-0.1, -0.05) is 17.7 Å². The van der Waals surface area contributed by atoms with Crippen LogP contribution < -0.4 is 20.7 Å².